The summed E-state index contributed by atoms with van der Waals surface area (Å²) >= 11 is 0. The average molecular weight is 491 g/mol. The van der Waals surface area contributed by atoms with Gasteiger partial charge in [-0.2, -0.15) is 0 Å². The van der Waals surface area contributed by atoms with Gasteiger partial charge in [0.2, 0.25) is 0 Å². The predicted molar refractivity (Wildman–Crippen MR) is 103 cm³/mol. The molecule has 2 aromatic carbocycles. The van der Waals surface area contributed by atoms with Crippen LogP contribution in [-0.2, 0) is 31.3 Å². The second-order valence-electron chi connectivity index (χ2n) is 7.69. The molecule has 0 spiro atoms. The Labute approximate surface area is 168 Å². The molecule has 0 fully saturated rings. The standard InChI is InChI=1S/C20H26O.2CH3.Hf/c1-19(2,3)14-20(4,5)17-13-9-12-16(18(17)21)15-10-7-6-8-11-15;;;/h6-13,21H,14H2,1-5H3;2*1H3;/q;2*-1;. The van der Waals surface area contributed by atoms with Crippen LogP contribution in [0, 0.1) is 20.3 Å². The number of hydrogen-bond donors (Lipinski definition) is 1. The summed E-state index contributed by atoms with van der Waals surface area (Å²) in [5, 5.41) is 10.8. The molecule has 0 atom stereocenters. The van der Waals surface area contributed by atoms with Gasteiger partial charge < -0.3 is 20.0 Å². The van der Waals surface area contributed by atoms with Gasteiger partial charge in [-0.1, -0.05) is 83.1 Å². The first-order valence-corrected chi connectivity index (χ1v) is 7.59. The molecule has 0 aliphatic heterocycles. The Hall–Kier alpha value is -0.890. The number of para-hydroxylation sites is 1. The second kappa shape index (κ2) is 9.56. The minimum atomic E-state index is -0.0624. The summed E-state index contributed by atoms with van der Waals surface area (Å²) in [6.45, 7) is 11.1. The molecule has 0 amide bonds. The molecular weight excluding hydrogens is 459 g/mol. The molecular formula is C22H32HfO-2. The van der Waals surface area contributed by atoms with Crippen molar-refractivity contribution in [2.45, 2.75) is 46.5 Å². The van der Waals surface area contributed by atoms with Gasteiger partial charge in [0.1, 0.15) is 5.75 Å². The zero-order valence-corrected chi connectivity index (χ0v) is 19.9. The Morgan fingerprint density at radius 1 is 0.792 bits per heavy atom. The smallest absolute Gasteiger partial charge is 0.127 e. The fourth-order valence-electron chi connectivity index (χ4n) is 3.36. The minimum Gasteiger partial charge on any atom is -0.507 e. The summed E-state index contributed by atoms with van der Waals surface area (Å²) in [6.07, 6.45) is 1.02. The van der Waals surface area contributed by atoms with Crippen LogP contribution in [-0.4, -0.2) is 5.11 Å². The van der Waals surface area contributed by atoms with Crippen molar-refractivity contribution in [2.24, 2.45) is 5.41 Å². The number of phenolic OH excluding ortho intramolecular Hbond substituents is 1. The SMILES string of the molecule is CC(C)(C)CC(C)(C)c1cccc(-c2ccccc2)c1O.[CH3-].[CH3-].[Hf]. The Bertz CT molecular complexity index is 610. The van der Waals surface area contributed by atoms with Crippen molar-refractivity contribution in [3.05, 3.63) is 68.9 Å². The molecule has 0 unspecified atom stereocenters. The van der Waals surface area contributed by atoms with E-state index in [2.05, 4.69) is 34.6 Å². The normalized spacial score (nSPS) is 10.9. The van der Waals surface area contributed by atoms with Crippen molar-refractivity contribution in [3.8, 4) is 16.9 Å². The van der Waals surface area contributed by atoms with Gasteiger partial charge in [-0.3, -0.25) is 0 Å². The number of benzene rings is 2. The summed E-state index contributed by atoms with van der Waals surface area (Å²) in [6, 6.07) is 16.2. The molecule has 0 heterocycles. The van der Waals surface area contributed by atoms with Gasteiger partial charge in [0, 0.05) is 37.0 Å². The average Bonchev–Trinajstić information content (AvgIpc) is 2.37. The zero-order chi connectivity index (χ0) is 15.7. The van der Waals surface area contributed by atoms with E-state index in [0.717, 1.165) is 23.1 Å². The Kier molecular flexibility index (Phi) is 10.1. The zero-order valence-electron chi connectivity index (χ0n) is 16.3. The van der Waals surface area contributed by atoms with E-state index >= 15 is 0 Å². The van der Waals surface area contributed by atoms with E-state index in [9.17, 15) is 5.11 Å². The first kappa shape index (κ1) is 25.4. The topological polar surface area (TPSA) is 20.2 Å². The molecule has 24 heavy (non-hydrogen) atoms. The minimum absolute atomic E-state index is 0. The molecule has 0 aliphatic rings. The van der Waals surface area contributed by atoms with Gasteiger partial charge in [-0.15, -0.1) is 0 Å². The van der Waals surface area contributed by atoms with Crippen LogP contribution in [0.2, 0.25) is 0 Å². The van der Waals surface area contributed by atoms with Crippen LogP contribution in [0.3, 0.4) is 0 Å². The summed E-state index contributed by atoms with van der Waals surface area (Å²) in [4.78, 5) is 0. The molecule has 2 heteroatoms. The third-order valence-electron chi connectivity index (χ3n) is 3.82. The monoisotopic (exact) mass is 492 g/mol. The van der Waals surface area contributed by atoms with Crippen LogP contribution in [0.5, 0.6) is 5.75 Å². The van der Waals surface area contributed by atoms with E-state index in [4.69, 9.17) is 0 Å². The van der Waals surface area contributed by atoms with Crippen LogP contribution in [0.25, 0.3) is 11.1 Å². The summed E-state index contributed by atoms with van der Waals surface area (Å²) < 4.78 is 0. The van der Waals surface area contributed by atoms with E-state index in [-0.39, 0.29) is 51.5 Å². The van der Waals surface area contributed by atoms with Gasteiger partial charge >= 0.3 is 0 Å². The first-order chi connectivity index (χ1) is 9.71. The van der Waals surface area contributed by atoms with Gasteiger partial charge in [0.15, 0.2) is 0 Å². The molecule has 132 valence electrons. The van der Waals surface area contributed by atoms with E-state index in [1.165, 1.54) is 0 Å². The number of aromatic hydroxyl groups is 1. The molecule has 0 aromatic heterocycles. The van der Waals surface area contributed by atoms with Gasteiger partial charge in [0.25, 0.3) is 0 Å². The Morgan fingerprint density at radius 2 is 1.33 bits per heavy atom. The third-order valence-corrected chi connectivity index (χ3v) is 3.82. The van der Waals surface area contributed by atoms with E-state index in [1.54, 1.807) is 0 Å². The maximum Gasteiger partial charge on any atom is 0.127 e. The van der Waals surface area contributed by atoms with Gasteiger partial charge in [-0.25, -0.2) is 0 Å². The molecule has 0 radical (unpaired) electrons. The van der Waals surface area contributed by atoms with Crippen molar-refractivity contribution in [1.29, 1.82) is 0 Å². The van der Waals surface area contributed by atoms with Crippen LogP contribution in [0.1, 0.15) is 46.6 Å². The number of phenols is 1. The summed E-state index contributed by atoms with van der Waals surface area (Å²) in [5.74, 6) is 0.415. The molecule has 0 saturated heterocycles. The van der Waals surface area contributed by atoms with Crippen LogP contribution in [0.15, 0.2) is 48.5 Å². The van der Waals surface area contributed by atoms with Crippen molar-refractivity contribution < 1.29 is 30.9 Å². The quantitative estimate of drug-likeness (QED) is 0.376. The van der Waals surface area contributed by atoms with Crippen LogP contribution >= 0.6 is 0 Å². The molecule has 1 N–H and O–H groups in total. The number of rotatable bonds is 3. The van der Waals surface area contributed by atoms with Crippen molar-refractivity contribution in [1.82, 2.24) is 0 Å². The van der Waals surface area contributed by atoms with Crippen molar-refractivity contribution in [2.75, 3.05) is 0 Å². The Balaban J connectivity index is 0. The largest absolute Gasteiger partial charge is 0.507 e. The molecule has 2 aromatic rings. The van der Waals surface area contributed by atoms with Crippen LogP contribution < -0.4 is 0 Å². The fraction of sp³-hybridized carbons (Fsp3) is 0.364. The summed E-state index contributed by atoms with van der Waals surface area (Å²) in [5.41, 5.74) is 3.16. The molecule has 1 nitrogen and oxygen atoms in total. The maximum absolute atomic E-state index is 10.8. The van der Waals surface area contributed by atoms with Crippen molar-refractivity contribution in [3.63, 3.8) is 0 Å². The predicted octanol–water partition coefficient (Wildman–Crippen LogP) is 6.67. The molecule has 2 rings (SSSR count). The third kappa shape index (κ3) is 6.20. The summed E-state index contributed by atoms with van der Waals surface area (Å²) in [7, 11) is 0. The van der Waals surface area contributed by atoms with E-state index in [1.807, 2.05) is 48.5 Å². The van der Waals surface area contributed by atoms with Gasteiger partial charge in [0.05, 0.1) is 0 Å². The van der Waals surface area contributed by atoms with Crippen LogP contribution in [0.4, 0.5) is 0 Å². The fourth-order valence-corrected chi connectivity index (χ4v) is 3.36. The Morgan fingerprint density at radius 3 is 1.83 bits per heavy atom. The second-order valence-corrected chi connectivity index (χ2v) is 7.69. The van der Waals surface area contributed by atoms with E-state index < -0.39 is 0 Å². The molecule has 0 saturated carbocycles. The first-order valence-electron chi connectivity index (χ1n) is 7.59. The maximum atomic E-state index is 10.8. The number of hydrogen-bond acceptors (Lipinski definition) is 1. The molecule has 0 aliphatic carbocycles. The van der Waals surface area contributed by atoms with Crippen molar-refractivity contribution >= 4 is 0 Å². The molecule has 0 bridgehead atoms. The van der Waals surface area contributed by atoms with Gasteiger partial charge in [-0.05, 0) is 22.8 Å². The van der Waals surface area contributed by atoms with E-state index in [0.29, 0.717) is 5.75 Å².